The average molecular weight is 318 g/mol. The predicted octanol–water partition coefficient (Wildman–Crippen LogP) is 2.92. The Labute approximate surface area is 136 Å². The third kappa shape index (κ3) is 3.39. The van der Waals surface area contributed by atoms with Gasteiger partial charge in [-0.15, -0.1) is 12.4 Å². The van der Waals surface area contributed by atoms with Gasteiger partial charge < -0.3 is 10.6 Å². The van der Waals surface area contributed by atoms with Crippen molar-refractivity contribution in [2.24, 2.45) is 0 Å². The van der Waals surface area contributed by atoms with Crippen LogP contribution < -0.4 is 10.6 Å². The summed E-state index contributed by atoms with van der Waals surface area (Å²) in [4.78, 5) is 18.7. The second kappa shape index (κ2) is 6.79. The van der Waals surface area contributed by atoms with E-state index in [-0.39, 0.29) is 18.3 Å². The van der Waals surface area contributed by atoms with Crippen LogP contribution in [0.25, 0.3) is 0 Å². The van der Waals surface area contributed by atoms with E-state index in [4.69, 9.17) is 5.73 Å². The minimum absolute atomic E-state index is 0. The van der Waals surface area contributed by atoms with Gasteiger partial charge in [0.1, 0.15) is 0 Å². The first-order valence-electron chi connectivity index (χ1n) is 7.24. The van der Waals surface area contributed by atoms with E-state index >= 15 is 0 Å². The minimum atomic E-state index is 0. The van der Waals surface area contributed by atoms with Gasteiger partial charge in [-0.25, -0.2) is 0 Å². The lowest BCUT2D eigenvalue weighted by Gasteiger charge is -2.29. The van der Waals surface area contributed by atoms with E-state index in [0.717, 1.165) is 30.8 Å². The van der Waals surface area contributed by atoms with Crippen molar-refractivity contribution in [2.45, 2.75) is 26.2 Å². The Morgan fingerprint density at radius 1 is 1.32 bits per heavy atom. The first kappa shape index (κ1) is 16.3. The van der Waals surface area contributed by atoms with E-state index in [1.165, 1.54) is 11.1 Å². The lowest BCUT2D eigenvalue weighted by molar-refractivity contribution is -0.118. The third-order valence-corrected chi connectivity index (χ3v) is 3.83. The molecule has 0 saturated carbocycles. The normalized spacial score (nSPS) is 13.2. The fourth-order valence-electron chi connectivity index (χ4n) is 2.78. The van der Waals surface area contributed by atoms with Crippen LogP contribution in [0.3, 0.4) is 0 Å². The monoisotopic (exact) mass is 317 g/mol. The summed E-state index contributed by atoms with van der Waals surface area (Å²) >= 11 is 0. The van der Waals surface area contributed by atoms with Gasteiger partial charge >= 0.3 is 0 Å². The molecule has 0 saturated heterocycles. The molecule has 0 aliphatic carbocycles. The molecular formula is C17H20ClN3O. The quantitative estimate of drug-likeness (QED) is 0.926. The van der Waals surface area contributed by atoms with Crippen molar-refractivity contribution in [3.8, 4) is 0 Å². The van der Waals surface area contributed by atoms with Crippen LogP contribution in [0, 0.1) is 6.92 Å². The van der Waals surface area contributed by atoms with Crippen molar-refractivity contribution < 1.29 is 4.79 Å². The zero-order valence-corrected chi connectivity index (χ0v) is 13.4. The number of anilines is 2. The maximum Gasteiger partial charge on any atom is 0.233 e. The Kier molecular flexibility index (Phi) is 5.03. The zero-order valence-electron chi connectivity index (χ0n) is 12.6. The summed E-state index contributed by atoms with van der Waals surface area (Å²) in [5, 5.41) is 0. The van der Waals surface area contributed by atoms with Crippen LogP contribution in [0.15, 0.2) is 36.5 Å². The number of halogens is 1. The average Bonchev–Trinajstić information content (AvgIpc) is 2.48. The maximum atomic E-state index is 12.6. The lowest BCUT2D eigenvalue weighted by Crippen LogP contribution is -2.36. The molecule has 1 amide bonds. The molecule has 2 aromatic rings. The van der Waals surface area contributed by atoms with Gasteiger partial charge in [-0.1, -0.05) is 17.7 Å². The molecule has 2 heterocycles. The molecule has 22 heavy (non-hydrogen) atoms. The predicted molar refractivity (Wildman–Crippen MR) is 91.5 cm³/mol. The van der Waals surface area contributed by atoms with E-state index in [2.05, 4.69) is 30.1 Å². The number of hydrogen-bond acceptors (Lipinski definition) is 3. The summed E-state index contributed by atoms with van der Waals surface area (Å²) in [6.07, 6.45) is 3.96. The number of carbonyl (C=O) groups is 1. The Balaban J connectivity index is 0.00000176. The highest BCUT2D eigenvalue weighted by atomic mass is 35.5. The number of rotatable bonds is 2. The van der Waals surface area contributed by atoms with E-state index in [9.17, 15) is 4.79 Å². The highest BCUT2D eigenvalue weighted by molar-refractivity contribution is 5.95. The van der Waals surface area contributed by atoms with Crippen molar-refractivity contribution in [2.75, 3.05) is 17.2 Å². The number of hydrogen-bond donors (Lipinski definition) is 1. The molecule has 4 nitrogen and oxygen atoms in total. The van der Waals surface area contributed by atoms with Crippen LogP contribution in [0.2, 0.25) is 0 Å². The molecule has 2 N–H and O–H groups in total. The van der Waals surface area contributed by atoms with Gasteiger partial charge in [0.2, 0.25) is 5.91 Å². The minimum Gasteiger partial charge on any atom is -0.397 e. The second-order valence-electron chi connectivity index (χ2n) is 5.54. The van der Waals surface area contributed by atoms with E-state index < -0.39 is 0 Å². The lowest BCUT2D eigenvalue weighted by atomic mass is 9.99. The van der Waals surface area contributed by atoms with Crippen molar-refractivity contribution in [1.82, 2.24) is 4.98 Å². The van der Waals surface area contributed by atoms with Crippen LogP contribution in [-0.4, -0.2) is 17.4 Å². The first-order valence-corrected chi connectivity index (χ1v) is 7.24. The van der Waals surface area contributed by atoms with Crippen molar-refractivity contribution >= 4 is 29.7 Å². The molecule has 1 aliphatic heterocycles. The number of fused-ring (bicyclic) bond motifs is 1. The molecule has 0 radical (unpaired) electrons. The summed E-state index contributed by atoms with van der Waals surface area (Å²) in [7, 11) is 0. The molecule has 116 valence electrons. The second-order valence-corrected chi connectivity index (χ2v) is 5.54. The molecule has 1 aromatic heterocycles. The van der Waals surface area contributed by atoms with Crippen molar-refractivity contribution in [3.63, 3.8) is 0 Å². The molecule has 1 aliphatic rings. The number of nitrogen functional groups attached to an aromatic ring is 1. The molecule has 0 bridgehead atoms. The number of amides is 1. The van der Waals surface area contributed by atoms with E-state index in [1.54, 1.807) is 12.3 Å². The molecule has 0 unspecified atom stereocenters. The molecule has 0 atom stereocenters. The Bertz CT molecular complexity index is 670. The highest BCUT2D eigenvalue weighted by Crippen LogP contribution is 2.28. The summed E-state index contributed by atoms with van der Waals surface area (Å²) in [5.74, 6) is 0.0945. The summed E-state index contributed by atoms with van der Waals surface area (Å²) in [6, 6.07) is 9.89. The standard InChI is InChI=1S/C17H19N3O.ClH/c1-12-4-7-16-13(9-12)3-2-8-20(16)17(21)10-15-6-5-14(18)11-19-15;/h4-7,9,11H,2-3,8,10,18H2,1H3;1H. The molecule has 0 fully saturated rings. The van der Waals surface area contributed by atoms with Gasteiger partial charge in [-0.2, -0.15) is 0 Å². The maximum absolute atomic E-state index is 12.6. The fraction of sp³-hybridized carbons (Fsp3) is 0.294. The van der Waals surface area contributed by atoms with Gasteiger partial charge in [0.25, 0.3) is 0 Å². The smallest absolute Gasteiger partial charge is 0.233 e. The number of aryl methyl sites for hydroxylation is 2. The topological polar surface area (TPSA) is 59.2 Å². The van der Waals surface area contributed by atoms with Crippen molar-refractivity contribution in [3.05, 3.63) is 53.3 Å². The van der Waals surface area contributed by atoms with Crippen LogP contribution in [-0.2, 0) is 17.6 Å². The molecular weight excluding hydrogens is 298 g/mol. The van der Waals surface area contributed by atoms with Gasteiger partial charge in [-0.3, -0.25) is 9.78 Å². The first-order chi connectivity index (χ1) is 10.1. The van der Waals surface area contributed by atoms with Crippen LogP contribution in [0.4, 0.5) is 11.4 Å². The molecule has 1 aromatic carbocycles. The molecule has 0 spiro atoms. The number of pyridine rings is 1. The zero-order chi connectivity index (χ0) is 14.8. The van der Waals surface area contributed by atoms with Crippen molar-refractivity contribution in [1.29, 1.82) is 0 Å². The Morgan fingerprint density at radius 2 is 2.14 bits per heavy atom. The Morgan fingerprint density at radius 3 is 2.86 bits per heavy atom. The number of benzene rings is 1. The summed E-state index contributed by atoms with van der Waals surface area (Å²) in [5.41, 5.74) is 10.5. The number of nitrogens with zero attached hydrogens (tertiary/aromatic N) is 2. The highest BCUT2D eigenvalue weighted by Gasteiger charge is 2.22. The van der Waals surface area contributed by atoms with Gasteiger partial charge in [0.05, 0.1) is 18.3 Å². The number of nitrogens with two attached hydrogens (primary N) is 1. The number of carbonyl (C=O) groups excluding carboxylic acids is 1. The molecule has 5 heteroatoms. The van der Waals surface area contributed by atoms with E-state index in [0.29, 0.717) is 12.1 Å². The van der Waals surface area contributed by atoms with E-state index in [1.807, 2.05) is 11.0 Å². The number of aromatic nitrogens is 1. The fourth-order valence-corrected chi connectivity index (χ4v) is 2.78. The van der Waals surface area contributed by atoms with Gasteiger partial charge in [-0.05, 0) is 43.5 Å². The summed E-state index contributed by atoms with van der Waals surface area (Å²) in [6.45, 7) is 2.86. The Hall–Kier alpha value is -2.07. The van der Waals surface area contributed by atoms with Gasteiger partial charge in [0, 0.05) is 17.9 Å². The third-order valence-electron chi connectivity index (χ3n) is 3.83. The SMILES string of the molecule is Cc1ccc2c(c1)CCCN2C(=O)Cc1ccc(N)cn1.Cl. The van der Waals surface area contributed by atoms with Crippen LogP contribution in [0.1, 0.15) is 23.2 Å². The largest absolute Gasteiger partial charge is 0.397 e. The molecule has 3 rings (SSSR count). The summed E-state index contributed by atoms with van der Waals surface area (Å²) < 4.78 is 0. The van der Waals surface area contributed by atoms with Gasteiger partial charge in [0.15, 0.2) is 0 Å². The van der Waals surface area contributed by atoms with Crippen LogP contribution in [0.5, 0.6) is 0 Å². The van der Waals surface area contributed by atoms with Crippen LogP contribution >= 0.6 is 12.4 Å².